The lowest BCUT2D eigenvalue weighted by molar-refractivity contribution is 0.0902. The van der Waals surface area contributed by atoms with Crippen molar-refractivity contribution in [1.29, 1.82) is 0 Å². The monoisotopic (exact) mass is 251 g/mol. The zero-order chi connectivity index (χ0) is 12.4. The number of hydrogen-bond acceptors (Lipinski definition) is 4. The van der Waals surface area contributed by atoms with E-state index in [9.17, 15) is 4.39 Å². The van der Waals surface area contributed by atoms with Gasteiger partial charge in [0.15, 0.2) is 5.82 Å². The van der Waals surface area contributed by atoms with Crippen molar-refractivity contribution in [3.8, 4) is 6.01 Å². The molecule has 4 nitrogen and oxygen atoms in total. The summed E-state index contributed by atoms with van der Waals surface area (Å²) in [5, 5.41) is 0. The van der Waals surface area contributed by atoms with Crippen molar-refractivity contribution in [2.45, 2.75) is 31.8 Å². The Kier molecular flexibility index (Phi) is 3.41. The van der Waals surface area contributed by atoms with Crippen molar-refractivity contribution in [3.63, 3.8) is 0 Å². The highest BCUT2D eigenvalue weighted by Gasteiger charge is 2.27. The highest BCUT2D eigenvalue weighted by molar-refractivity contribution is 4.97. The Hall–Kier alpha value is -1.23. The first kappa shape index (κ1) is 11.8. The SMILES string of the molecule is Fc1cnc(OC2CCN(CC3CC3)CC2)nc1. The third kappa shape index (κ3) is 3.16. The van der Waals surface area contributed by atoms with Gasteiger partial charge in [0.05, 0.1) is 12.4 Å². The first-order valence-electron chi connectivity index (χ1n) is 6.66. The van der Waals surface area contributed by atoms with Crippen LogP contribution in [0.5, 0.6) is 6.01 Å². The van der Waals surface area contributed by atoms with Gasteiger partial charge < -0.3 is 9.64 Å². The molecule has 3 rings (SSSR count). The smallest absolute Gasteiger partial charge is 0.316 e. The molecular weight excluding hydrogens is 233 g/mol. The Morgan fingerprint density at radius 3 is 2.44 bits per heavy atom. The minimum absolute atomic E-state index is 0.172. The molecule has 0 unspecified atom stereocenters. The molecule has 18 heavy (non-hydrogen) atoms. The standard InChI is InChI=1S/C13H18FN3O/c14-11-7-15-13(16-8-11)18-12-3-5-17(6-4-12)9-10-1-2-10/h7-8,10,12H,1-6,9H2. The lowest BCUT2D eigenvalue weighted by Crippen LogP contribution is -2.39. The van der Waals surface area contributed by atoms with Crippen LogP contribution in [0.25, 0.3) is 0 Å². The first-order valence-corrected chi connectivity index (χ1v) is 6.66. The van der Waals surface area contributed by atoms with Gasteiger partial charge in [0, 0.05) is 19.6 Å². The van der Waals surface area contributed by atoms with E-state index in [-0.39, 0.29) is 12.1 Å². The van der Waals surface area contributed by atoms with Crippen molar-refractivity contribution in [2.24, 2.45) is 5.92 Å². The van der Waals surface area contributed by atoms with E-state index in [1.165, 1.54) is 19.4 Å². The molecule has 0 amide bonds. The number of likely N-dealkylation sites (tertiary alicyclic amines) is 1. The molecule has 1 saturated heterocycles. The first-order chi connectivity index (χ1) is 8.79. The molecule has 1 saturated carbocycles. The second-order valence-corrected chi connectivity index (χ2v) is 5.25. The maximum Gasteiger partial charge on any atom is 0.316 e. The lowest BCUT2D eigenvalue weighted by Gasteiger charge is -2.31. The van der Waals surface area contributed by atoms with Gasteiger partial charge in [0.25, 0.3) is 0 Å². The number of halogens is 1. The summed E-state index contributed by atoms with van der Waals surface area (Å²) in [6.45, 7) is 3.42. The van der Waals surface area contributed by atoms with Crippen LogP contribution >= 0.6 is 0 Å². The van der Waals surface area contributed by atoms with Crippen molar-refractivity contribution >= 4 is 0 Å². The summed E-state index contributed by atoms with van der Waals surface area (Å²) in [6, 6.07) is 0.289. The lowest BCUT2D eigenvalue weighted by atomic mass is 10.1. The summed E-state index contributed by atoms with van der Waals surface area (Å²) in [4.78, 5) is 10.2. The van der Waals surface area contributed by atoms with Gasteiger partial charge in [0.2, 0.25) is 0 Å². The van der Waals surface area contributed by atoms with Gasteiger partial charge in [-0.2, -0.15) is 0 Å². The maximum atomic E-state index is 12.7. The maximum absolute atomic E-state index is 12.7. The molecule has 0 radical (unpaired) electrons. The number of ether oxygens (including phenoxy) is 1. The van der Waals surface area contributed by atoms with E-state index in [4.69, 9.17) is 4.74 Å². The van der Waals surface area contributed by atoms with Gasteiger partial charge in [-0.15, -0.1) is 0 Å². The second-order valence-electron chi connectivity index (χ2n) is 5.25. The van der Waals surface area contributed by atoms with Crippen molar-refractivity contribution in [2.75, 3.05) is 19.6 Å². The molecule has 2 fully saturated rings. The summed E-state index contributed by atoms with van der Waals surface area (Å²) in [7, 11) is 0. The highest BCUT2D eigenvalue weighted by Crippen LogP contribution is 2.30. The van der Waals surface area contributed by atoms with Crippen LogP contribution < -0.4 is 4.74 Å². The number of hydrogen-bond donors (Lipinski definition) is 0. The van der Waals surface area contributed by atoms with Crippen LogP contribution in [-0.2, 0) is 0 Å². The van der Waals surface area contributed by atoms with Gasteiger partial charge in [-0.05, 0) is 31.6 Å². The molecule has 1 aromatic rings. The summed E-state index contributed by atoms with van der Waals surface area (Å²) >= 11 is 0. The van der Waals surface area contributed by atoms with E-state index < -0.39 is 5.82 Å². The van der Waals surface area contributed by atoms with E-state index in [0.717, 1.165) is 44.2 Å². The Bertz CT molecular complexity index is 386. The average Bonchev–Trinajstić information content (AvgIpc) is 3.19. The topological polar surface area (TPSA) is 38.2 Å². The third-order valence-corrected chi connectivity index (χ3v) is 3.62. The number of aromatic nitrogens is 2. The molecule has 0 atom stereocenters. The fourth-order valence-electron chi connectivity index (χ4n) is 2.39. The predicted octanol–water partition coefficient (Wildman–Crippen LogP) is 1.87. The summed E-state index contributed by atoms with van der Waals surface area (Å²) < 4.78 is 18.3. The van der Waals surface area contributed by atoms with Crippen LogP contribution in [0.15, 0.2) is 12.4 Å². The molecule has 98 valence electrons. The number of nitrogens with zero attached hydrogens (tertiary/aromatic N) is 3. The van der Waals surface area contributed by atoms with Crippen LogP contribution in [-0.4, -0.2) is 40.6 Å². The van der Waals surface area contributed by atoms with Gasteiger partial charge in [-0.1, -0.05) is 0 Å². The average molecular weight is 251 g/mol. The van der Waals surface area contributed by atoms with E-state index in [0.29, 0.717) is 0 Å². The van der Waals surface area contributed by atoms with Crippen LogP contribution in [0, 0.1) is 11.7 Å². The van der Waals surface area contributed by atoms with Gasteiger partial charge in [-0.25, -0.2) is 14.4 Å². The van der Waals surface area contributed by atoms with E-state index in [2.05, 4.69) is 14.9 Å². The van der Waals surface area contributed by atoms with Gasteiger partial charge >= 0.3 is 6.01 Å². The van der Waals surface area contributed by atoms with Crippen LogP contribution in [0.3, 0.4) is 0 Å². The summed E-state index contributed by atoms with van der Waals surface area (Å²) in [5.41, 5.74) is 0. The van der Waals surface area contributed by atoms with E-state index >= 15 is 0 Å². The van der Waals surface area contributed by atoms with E-state index in [1.54, 1.807) is 0 Å². The Labute approximate surface area is 106 Å². The quantitative estimate of drug-likeness (QED) is 0.819. The molecule has 2 heterocycles. The highest BCUT2D eigenvalue weighted by atomic mass is 19.1. The van der Waals surface area contributed by atoms with Gasteiger partial charge in [0.1, 0.15) is 6.10 Å². The molecular formula is C13H18FN3O. The van der Waals surface area contributed by atoms with Crippen LogP contribution in [0.2, 0.25) is 0 Å². The van der Waals surface area contributed by atoms with Crippen molar-refractivity contribution in [3.05, 3.63) is 18.2 Å². The second kappa shape index (κ2) is 5.18. The van der Waals surface area contributed by atoms with Gasteiger partial charge in [-0.3, -0.25) is 0 Å². The van der Waals surface area contributed by atoms with Crippen LogP contribution in [0.1, 0.15) is 25.7 Å². The van der Waals surface area contributed by atoms with Crippen molar-refractivity contribution < 1.29 is 9.13 Å². The largest absolute Gasteiger partial charge is 0.460 e. The minimum Gasteiger partial charge on any atom is -0.460 e. The molecule has 0 bridgehead atoms. The fraction of sp³-hybridized carbons (Fsp3) is 0.692. The van der Waals surface area contributed by atoms with Crippen molar-refractivity contribution in [1.82, 2.24) is 14.9 Å². The molecule has 1 aromatic heterocycles. The molecule has 2 aliphatic rings. The molecule has 1 aliphatic heterocycles. The van der Waals surface area contributed by atoms with E-state index in [1.807, 2.05) is 0 Å². The molecule has 0 spiro atoms. The minimum atomic E-state index is -0.429. The predicted molar refractivity (Wildman–Crippen MR) is 64.8 cm³/mol. The normalized spacial score (nSPS) is 22.1. The summed E-state index contributed by atoms with van der Waals surface area (Å²) in [6.07, 6.45) is 7.28. The Morgan fingerprint density at radius 1 is 1.17 bits per heavy atom. The Balaban J connectivity index is 1.45. The zero-order valence-electron chi connectivity index (χ0n) is 10.4. The molecule has 5 heteroatoms. The molecule has 0 aromatic carbocycles. The third-order valence-electron chi connectivity index (χ3n) is 3.62. The Morgan fingerprint density at radius 2 is 1.83 bits per heavy atom. The molecule has 0 N–H and O–H groups in total. The van der Waals surface area contributed by atoms with Crippen LogP contribution in [0.4, 0.5) is 4.39 Å². The summed E-state index contributed by atoms with van der Waals surface area (Å²) in [5.74, 6) is 0.518. The number of piperidine rings is 1. The zero-order valence-corrected chi connectivity index (χ0v) is 10.4. The number of rotatable bonds is 4. The fourth-order valence-corrected chi connectivity index (χ4v) is 2.39. The molecule has 1 aliphatic carbocycles.